The van der Waals surface area contributed by atoms with Gasteiger partial charge in [-0.15, -0.1) is 0 Å². The summed E-state index contributed by atoms with van der Waals surface area (Å²) in [5.41, 5.74) is 8.39. The Kier molecular flexibility index (Phi) is 3.68. The number of nitrogens with zero attached hydrogens (tertiary/aromatic N) is 1. The highest BCUT2D eigenvalue weighted by molar-refractivity contribution is 6.33. The number of hydrogen-bond donors (Lipinski definition) is 2. The van der Waals surface area contributed by atoms with Crippen LogP contribution in [0.4, 0.5) is 5.82 Å². The van der Waals surface area contributed by atoms with Crippen molar-refractivity contribution in [3.05, 3.63) is 22.7 Å². The summed E-state index contributed by atoms with van der Waals surface area (Å²) >= 11 is 6.48. The fourth-order valence-corrected chi connectivity index (χ4v) is 2.89. The topological polar surface area (TPSA) is 73.2 Å². The van der Waals surface area contributed by atoms with Crippen LogP contribution in [0.2, 0.25) is 5.02 Å². The van der Waals surface area contributed by atoms with Crippen molar-refractivity contribution in [3.63, 3.8) is 0 Å². The molecule has 21 heavy (non-hydrogen) atoms. The first-order chi connectivity index (χ1) is 10.1. The molecular weight excluding hydrogens is 290 g/mol. The summed E-state index contributed by atoms with van der Waals surface area (Å²) in [4.78, 5) is 0. The molecular formula is C15H18ClN3O2. The highest BCUT2D eigenvalue weighted by atomic mass is 35.5. The zero-order chi connectivity index (χ0) is 15.0. The number of aromatic amines is 1. The zero-order valence-electron chi connectivity index (χ0n) is 12.1. The summed E-state index contributed by atoms with van der Waals surface area (Å²) in [6.45, 7) is 5.48. The standard InChI is InChI=1S/C15H18ClN3O2/c1-8(2)13-14(10-7-12(17)19-18-10)9(16)6-11-15(13)21-5-3-4-20-11/h6-8H,3-5H2,1-2H3,(H3,17,18,19). The maximum absolute atomic E-state index is 6.48. The second-order valence-electron chi connectivity index (χ2n) is 5.39. The van der Waals surface area contributed by atoms with Gasteiger partial charge in [0.25, 0.3) is 0 Å². The number of nitrogen functional groups attached to an aromatic ring is 1. The Labute approximate surface area is 128 Å². The highest BCUT2D eigenvalue weighted by Gasteiger charge is 2.25. The van der Waals surface area contributed by atoms with Gasteiger partial charge in [0.2, 0.25) is 0 Å². The molecule has 1 aromatic heterocycles. The number of nitrogens with two attached hydrogens (primary N) is 1. The van der Waals surface area contributed by atoms with Crippen LogP contribution in [0.1, 0.15) is 31.7 Å². The number of benzene rings is 1. The molecule has 2 heterocycles. The van der Waals surface area contributed by atoms with Crippen LogP contribution in [-0.2, 0) is 0 Å². The molecule has 0 saturated carbocycles. The maximum atomic E-state index is 6.48. The van der Waals surface area contributed by atoms with Crippen molar-refractivity contribution >= 4 is 17.4 Å². The minimum absolute atomic E-state index is 0.221. The molecule has 112 valence electrons. The number of hydrogen-bond acceptors (Lipinski definition) is 4. The van der Waals surface area contributed by atoms with Crippen LogP contribution in [0, 0.1) is 0 Å². The van der Waals surface area contributed by atoms with Crippen LogP contribution in [0.5, 0.6) is 11.5 Å². The molecule has 3 N–H and O–H groups in total. The minimum atomic E-state index is 0.221. The van der Waals surface area contributed by atoms with E-state index in [4.69, 9.17) is 26.8 Å². The Morgan fingerprint density at radius 3 is 2.71 bits per heavy atom. The normalized spacial score (nSPS) is 14.3. The number of fused-ring (bicyclic) bond motifs is 1. The molecule has 3 rings (SSSR count). The SMILES string of the molecule is CC(C)c1c2c(cc(Cl)c1-c1cc(N)n[nH]1)OCCCO2. The molecule has 0 unspecified atom stereocenters. The van der Waals surface area contributed by atoms with E-state index in [1.807, 2.05) is 0 Å². The summed E-state index contributed by atoms with van der Waals surface area (Å²) in [6.07, 6.45) is 0.857. The minimum Gasteiger partial charge on any atom is -0.489 e. The Balaban J connectivity index is 2.26. The molecule has 1 aliphatic heterocycles. The van der Waals surface area contributed by atoms with E-state index in [2.05, 4.69) is 24.0 Å². The van der Waals surface area contributed by atoms with Crippen LogP contribution < -0.4 is 15.2 Å². The first-order valence-corrected chi connectivity index (χ1v) is 7.39. The Morgan fingerprint density at radius 2 is 2.05 bits per heavy atom. The number of H-pyrrole nitrogens is 1. The summed E-state index contributed by atoms with van der Waals surface area (Å²) < 4.78 is 11.7. The summed E-state index contributed by atoms with van der Waals surface area (Å²) in [5, 5.41) is 7.51. The maximum Gasteiger partial charge on any atom is 0.165 e. The van der Waals surface area contributed by atoms with Crippen molar-refractivity contribution in [1.29, 1.82) is 0 Å². The third-order valence-corrected chi connectivity index (χ3v) is 3.77. The van der Waals surface area contributed by atoms with Crippen LogP contribution in [-0.4, -0.2) is 23.4 Å². The van der Waals surface area contributed by atoms with Crippen molar-refractivity contribution in [2.24, 2.45) is 0 Å². The van der Waals surface area contributed by atoms with E-state index in [9.17, 15) is 0 Å². The van der Waals surface area contributed by atoms with E-state index in [0.29, 0.717) is 29.8 Å². The largest absolute Gasteiger partial charge is 0.489 e. The smallest absolute Gasteiger partial charge is 0.165 e. The van der Waals surface area contributed by atoms with Crippen LogP contribution >= 0.6 is 11.6 Å². The molecule has 0 fully saturated rings. The number of rotatable bonds is 2. The fraction of sp³-hybridized carbons (Fsp3) is 0.400. The summed E-state index contributed by atoms with van der Waals surface area (Å²) in [6, 6.07) is 3.58. The van der Waals surface area contributed by atoms with Crippen molar-refractivity contribution in [2.75, 3.05) is 18.9 Å². The molecule has 0 atom stereocenters. The monoisotopic (exact) mass is 307 g/mol. The molecule has 0 saturated heterocycles. The molecule has 0 amide bonds. The molecule has 2 aromatic rings. The number of aromatic nitrogens is 2. The number of anilines is 1. The van der Waals surface area contributed by atoms with Gasteiger partial charge in [-0.25, -0.2) is 0 Å². The van der Waals surface area contributed by atoms with E-state index in [1.165, 1.54) is 0 Å². The fourth-order valence-electron chi connectivity index (χ4n) is 2.59. The van der Waals surface area contributed by atoms with Gasteiger partial charge in [0.15, 0.2) is 11.5 Å². The first-order valence-electron chi connectivity index (χ1n) is 7.01. The molecule has 0 bridgehead atoms. The van der Waals surface area contributed by atoms with Crippen LogP contribution in [0.25, 0.3) is 11.3 Å². The molecule has 5 nitrogen and oxygen atoms in total. The average Bonchev–Trinajstić information content (AvgIpc) is 2.71. The quantitative estimate of drug-likeness (QED) is 0.889. The Morgan fingerprint density at radius 1 is 1.29 bits per heavy atom. The zero-order valence-corrected chi connectivity index (χ0v) is 12.8. The van der Waals surface area contributed by atoms with Gasteiger partial charge in [0.05, 0.1) is 23.9 Å². The van der Waals surface area contributed by atoms with E-state index >= 15 is 0 Å². The third kappa shape index (κ3) is 2.53. The van der Waals surface area contributed by atoms with E-state index < -0.39 is 0 Å². The van der Waals surface area contributed by atoms with Gasteiger partial charge >= 0.3 is 0 Å². The molecule has 1 aliphatic rings. The van der Waals surface area contributed by atoms with Gasteiger partial charge in [-0.1, -0.05) is 25.4 Å². The average molecular weight is 308 g/mol. The lowest BCUT2D eigenvalue weighted by Gasteiger charge is -2.20. The first kappa shape index (κ1) is 14.1. The highest BCUT2D eigenvalue weighted by Crippen LogP contribution is 2.47. The lowest BCUT2D eigenvalue weighted by Crippen LogP contribution is -2.02. The van der Waals surface area contributed by atoms with Crippen molar-refractivity contribution in [1.82, 2.24) is 10.2 Å². The van der Waals surface area contributed by atoms with Crippen LogP contribution in [0.15, 0.2) is 12.1 Å². The summed E-state index contributed by atoms with van der Waals surface area (Å²) in [5.74, 6) is 2.13. The molecule has 0 radical (unpaired) electrons. The Bertz CT molecular complexity index is 667. The van der Waals surface area contributed by atoms with E-state index in [0.717, 1.165) is 29.0 Å². The van der Waals surface area contributed by atoms with Gasteiger partial charge in [-0.05, 0) is 5.92 Å². The molecule has 0 spiro atoms. The molecule has 0 aliphatic carbocycles. The summed E-state index contributed by atoms with van der Waals surface area (Å²) in [7, 11) is 0. The number of nitrogens with one attached hydrogen (secondary N) is 1. The lowest BCUT2D eigenvalue weighted by atomic mass is 9.93. The van der Waals surface area contributed by atoms with Crippen molar-refractivity contribution < 1.29 is 9.47 Å². The predicted molar refractivity (Wildman–Crippen MR) is 83.1 cm³/mol. The van der Waals surface area contributed by atoms with Gasteiger partial charge in [-0.3, -0.25) is 5.10 Å². The third-order valence-electron chi connectivity index (χ3n) is 3.47. The van der Waals surface area contributed by atoms with E-state index in [1.54, 1.807) is 12.1 Å². The van der Waals surface area contributed by atoms with Gasteiger partial charge in [-0.2, -0.15) is 5.10 Å². The second-order valence-corrected chi connectivity index (χ2v) is 5.79. The Hall–Kier alpha value is -1.88. The van der Waals surface area contributed by atoms with Crippen LogP contribution in [0.3, 0.4) is 0 Å². The van der Waals surface area contributed by atoms with Gasteiger partial charge in [0, 0.05) is 29.7 Å². The van der Waals surface area contributed by atoms with Crippen molar-refractivity contribution in [3.8, 4) is 22.8 Å². The van der Waals surface area contributed by atoms with Crippen molar-refractivity contribution in [2.45, 2.75) is 26.2 Å². The predicted octanol–water partition coefficient (Wildman–Crippen LogP) is 3.60. The number of ether oxygens (including phenoxy) is 2. The lowest BCUT2D eigenvalue weighted by molar-refractivity contribution is 0.296. The van der Waals surface area contributed by atoms with Gasteiger partial charge in [0.1, 0.15) is 5.82 Å². The second kappa shape index (κ2) is 5.48. The van der Waals surface area contributed by atoms with E-state index in [-0.39, 0.29) is 5.92 Å². The number of halogens is 1. The molecule has 6 heteroatoms. The van der Waals surface area contributed by atoms with Gasteiger partial charge < -0.3 is 15.2 Å². The molecule has 1 aromatic carbocycles.